The molecule has 150 valence electrons. The zero-order chi connectivity index (χ0) is 20.0. The molecule has 2 N–H and O–H groups in total. The number of hydrogen-bond donors (Lipinski definition) is 2. The third-order valence-electron chi connectivity index (χ3n) is 5.47. The fourth-order valence-corrected chi connectivity index (χ4v) is 4.99. The third-order valence-corrected chi connectivity index (χ3v) is 6.68. The number of rotatable bonds is 5. The Kier molecular flexibility index (Phi) is 4.54. The molecule has 2 aliphatic carbocycles. The molecule has 9 heteroatoms. The van der Waals surface area contributed by atoms with Crippen LogP contribution in [0.2, 0.25) is 0 Å². The van der Waals surface area contributed by atoms with Gasteiger partial charge in [-0.15, -0.1) is 11.3 Å². The number of thiazole rings is 1. The summed E-state index contributed by atoms with van der Waals surface area (Å²) in [5.41, 5.74) is 0.911. The predicted molar refractivity (Wildman–Crippen MR) is 110 cm³/mol. The van der Waals surface area contributed by atoms with E-state index in [1.807, 2.05) is 0 Å². The molecular weight excluding hydrogens is 390 g/mol. The Hall–Kier alpha value is -2.81. The normalized spacial score (nSPS) is 16.0. The molecule has 3 aromatic rings. The van der Waals surface area contributed by atoms with Gasteiger partial charge in [-0.05, 0) is 44.6 Å². The van der Waals surface area contributed by atoms with E-state index in [1.165, 1.54) is 40.2 Å². The molecule has 0 saturated heterocycles. The van der Waals surface area contributed by atoms with Crippen molar-refractivity contribution in [2.75, 3.05) is 6.54 Å². The van der Waals surface area contributed by atoms with Gasteiger partial charge in [0.2, 0.25) is 0 Å². The number of fused-ring (bicyclic) bond motifs is 2. The van der Waals surface area contributed by atoms with E-state index in [1.54, 1.807) is 11.3 Å². The smallest absolute Gasteiger partial charge is 0.330 e. The third kappa shape index (κ3) is 3.50. The topological polar surface area (TPSA) is 110 Å². The van der Waals surface area contributed by atoms with Gasteiger partial charge in [-0.25, -0.2) is 14.8 Å². The van der Waals surface area contributed by atoms with Crippen LogP contribution in [-0.2, 0) is 19.3 Å². The fraction of sp³-hybridized carbons (Fsp3) is 0.450. The number of nitrogens with zero attached hydrogens (tertiary/aromatic N) is 3. The Bertz CT molecular complexity index is 1200. The van der Waals surface area contributed by atoms with Gasteiger partial charge < -0.3 is 5.32 Å². The van der Waals surface area contributed by atoms with Crippen LogP contribution < -0.4 is 16.6 Å². The van der Waals surface area contributed by atoms with Crippen molar-refractivity contribution in [2.24, 2.45) is 0 Å². The van der Waals surface area contributed by atoms with E-state index < -0.39 is 11.2 Å². The van der Waals surface area contributed by atoms with Gasteiger partial charge in [0.05, 0.1) is 21.7 Å². The second-order valence-corrected chi connectivity index (χ2v) is 8.81. The van der Waals surface area contributed by atoms with Crippen molar-refractivity contribution < 1.29 is 4.79 Å². The number of H-pyrrole nitrogens is 1. The molecule has 0 atom stereocenters. The Morgan fingerprint density at radius 1 is 1.28 bits per heavy atom. The summed E-state index contributed by atoms with van der Waals surface area (Å²) >= 11 is 1.75. The quantitative estimate of drug-likeness (QED) is 0.664. The molecule has 0 unspecified atom stereocenters. The van der Waals surface area contributed by atoms with Crippen LogP contribution in [0.5, 0.6) is 0 Å². The highest BCUT2D eigenvalue weighted by Gasteiger charge is 2.27. The molecule has 0 aliphatic heterocycles. The zero-order valence-corrected chi connectivity index (χ0v) is 16.7. The summed E-state index contributed by atoms with van der Waals surface area (Å²) in [5, 5.41) is 4.20. The van der Waals surface area contributed by atoms with Crippen LogP contribution >= 0.6 is 11.3 Å². The van der Waals surface area contributed by atoms with E-state index >= 15 is 0 Å². The summed E-state index contributed by atoms with van der Waals surface area (Å²) in [6.07, 6.45) is 8.51. The largest absolute Gasteiger partial charge is 0.352 e. The van der Waals surface area contributed by atoms with Crippen molar-refractivity contribution in [3.05, 3.63) is 54.2 Å². The molecule has 3 aromatic heterocycles. The maximum atomic E-state index is 12.5. The first kappa shape index (κ1) is 18.2. The Morgan fingerprint density at radius 3 is 2.90 bits per heavy atom. The minimum absolute atomic E-state index is 0.0816. The summed E-state index contributed by atoms with van der Waals surface area (Å²) < 4.78 is 1.52. The van der Waals surface area contributed by atoms with Crippen LogP contribution in [0, 0.1) is 0 Å². The lowest BCUT2D eigenvalue weighted by Crippen LogP contribution is -2.31. The van der Waals surface area contributed by atoms with E-state index in [4.69, 9.17) is 4.98 Å². The number of nitrogens with one attached hydrogen (secondary N) is 2. The Balaban J connectivity index is 1.31. The minimum Gasteiger partial charge on any atom is -0.352 e. The van der Waals surface area contributed by atoms with Crippen LogP contribution in [-0.4, -0.2) is 32.0 Å². The summed E-state index contributed by atoms with van der Waals surface area (Å²) in [7, 11) is 0. The van der Waals surface area contributed by atoms with Crippen molar-refractivity contribution >= 4 is 28.3 Å². The summed E-state index contributed by atoms with van der Waals surface area (Å²) in [6, 6.07) is 1.59. The number of aryl methyl sites for hydroxylation is 2. The van der Waals surface area contributed by atoms with E-state index in [-0.39, 0.29) is 17.3 Å². The Labute approximate surface area is 170 Å². The van der Waals surface area contributed by atoms with Gasteiger partial charge in [-0.1, -0.05) is 0 Å². The van der Waals surface area contributed by atoms with Gasteiger partial charge in [0, 0.05) is 30.1 Å². The molecule has 8 nitrogen and oxygen atoms in total. The van der Waals surface area contributed by atoms with Gasteiger partial charge in [0.1, 0.15) is 5.65 Å². The molecule has 29 heavy (non-hydrogen) atoms. The molecule has 0 spiro atoms. The van der Waals surface area contributed by atoms with Crippen LogP contribution in [0.15, 0.2) is 21.9 Å². The molecule has 5 rings (SSSR count). The van der Waals surface area contributed by atoms with Crippen LogP contribution in [0.1, 0.15) is 57.7 Å². The number of hydrogen-bond acceptors (Lipinski definition) is 6. The number of pyridine rings is 1. The first-order valence-corrected chi connectivity index (χ1v) is 10.8. The minimum atomic E-state index is -0.516. The van der Waals surface area contributed by atoms with Crippen LogP contribution in [0.25, 0.3) is 11.0 Å². The van der Waals surface area contributed by atoms with Gasteiger partial charge in [-0.3, -0.25) is 19.1 Å². The maximum Gasteiger partial charge on any atom is 0.330 e. The molecule has 2 aliphatic rings. The highest BCUT2D eigenvalue weighted by atomic mass is 32.1. The van der Waals surface area contributed by atoms with Crippen LogP contribution in [0.3, 0.4) is 0 Å². The van der Waals surface area contributed by atoms with E-state index in [9.17, 15) is 14.4 Å². The average Bonchev–Trinajstić information content (AvgIpc) is 3.45. The van der Waals surface area contributed by atoms with Crippen molar-refractivity contribution in [2.45, 2.75) is 51.0 Å². The Morgan fingerprint density at radius 2 is 2.10 bits per heavy atom. The molecule has 0 radical (unpaired) electrons. The van der Waals surface area contributed by atoms with Gasteiger partial charge >= 0.3 is 5.69 Å². The lowest BCUT2D eigenvalue weighted by atomic mass is 10.0. The zero-order valence-electron chi connectivity index (χ0n) is 15.9. The standard InChI is InChI=1S/C20H21N5O3S/c26-18(21-8-7-16-23-14-3-1-2-4-15(14)29-16)11-9-13-17(22-10-11)25(12-5-6-12)20(28)24-19(13)27/h9-10,12H,1-8H2,(H,21,26)(H,24,27,28). The molecule has 1 saturated carbocycles. The second-order valence-electron chi connectivity index (χ2n) is 7.65. The first-order chi connectivity index (χ1) is 14.1. The van der Waals surface area contributed by atoms with Crippen molar-refractivity contribution in [3.8, 4) is 0 Å². The number of aromatic nitrogens is 4. The van der Waals surface area contributed by atoms with Crippen molar-refractivity contribution in [1.82, 2.24) is 24.8 Å². The van der Waals surface area contributed by atoms with E-state index in [0.717, 1.165) is 30.7 Å². The lowest BCUT2D eigenvalue weighted by Gasteiger charge is -2.08. The molecule has 0 aromatic carbocycles. The van der Waals surface area contributed by atoms with E-state index in [2.05, 4.69) is 15.3 Å². The average molecular weight is 411 g/mol. The number of amides is 1. The summed E-state index contributed by atoms with van der Waals surface area (Å²) in [5.74, 6) is -0.288. The highest BCUT2D eigenvalue weighted by molar-refractivity contribution is 7.11. The molecular formula is C20H21N5O3S. The number of carbonyl (C=O) groups excluding carboxylic acids is 1. The number of carbonyl (C=O) groups is 1. The lowest BCUT2D eigenvalue weighted by molar-refractivity contribution is 0.0954. The van der Waals surface area contributed by atoms with Gasteiger partial charge in [0.15, 0.2) is 0 Å². The number of aromatic amines is 1. The van der Waals surface area contributed by atoms with Crippen molar-refractivity contribution in [3.63, 3.8) is 0 Å². The fourth-order valence-electron chi connectivity index (χ4n) is 3.83. The molecule has 1 amide bonds. The summed E-state index contributed by atoms with van der Waals surface area (Å²) in [4.78, 5) is 49.5. The highest BCUT2D eigenvalue weighted by Crippen LogP contribution is 2.34. The SMILES string of the molecule is O=C(NCCc1nc2c(s1)CCCC2)c1cnc2c(c1)c(=O)[nH]c(=O)n2C1CC1. The second kappa shape index (κ2) is 7.22. The summed E-state index contributed by atoms with van der Waals surface area (Å²) in [6.45, 7) is 0.473. The van der Waals surface area contributed by atoms with E-state index in [0.29, 0.717) is 24.2 Å². The monoisotopic (exact) mass is 411 g/mol. The molecule has 0 bridgehead atoms. The molecule has 3 heterocycles. The van der Waals surface area contributed by atoms with Crippen molar-refractivity contribution in [1.29, 1.82) is 0 Å². The maximum absolute atomic E-state index is 12.5. The van der Waals surface area contributed by atoms with Crippen LogP contribution in [0.4, 0.5) is 0 Å². The van der Waals surface area contributed by atoms with Gasteiger partial charge in [0.25, 0.3) is 11.5 Å². The predicted octanol–water partition coefficient (Wildman–Crippen LogP) is 1.73. The van der Waals surface area contributed by atoms with Gasteiger partial charge in [-0.2, -0.15) is 0 Å². The molecule has 1 fully saturated rings. The first-order valence-electron chi connectivity index (χ1n) is 10.0.